The van der Waals surface area contributed by atoms with Crippen LogP contribution >= 0.6 is 11.3 Å². The van der Waals surface area contributed by atoms with Gasteiger partial charge in [-0.1, -0.05) is 18.6 Å². The first-order valence-corrected chi connectivity index (χ1v) is 5.62. The fourth-order valence-electron chi connectivity index (χ4n) is 1.21. The van der Waals surface area contributed by atoms with Gasteiger partial charge in [-0.15, -0.1) is 0 Å². The molecule has 0 amide bonds. The molecule has 0 saturated carbocycles. The maximum atomic E-state index is 3.39. The quantitative estimate of drug-likeness (QED) is 0.778. The predicted molar refractivity (Wildman–Crippen MR) is 61.1 cm³/mol. The summed E-state index contributed by atoms with van der Waals surface area (Å²) in [6.45, 7) is 7.52. The van der Waals surface area contributed by atoms with E-state index in [-0.39, 0.29) is 0 Å². The molecule has 1 aromatic rings. The predicted octanol–water partition coefficient (Wildman–Crippen LogP) is 3.15. The van der Waals surface area contributed by atoms with Gasteiger partial charge < -0.3 is 5.32 Å². The van der Waals surface area contributed by atoms with Crippen LogP contribution in [0.25, 0.3) is 6.08 Å². The second-order valence-corrected chi connectivity index (χ2v) is 4.00. The van der Waals surface area contributed by atoms with E-state index in [0.29, 0.717) is 6.04 Å². The fourth-order valence-corrected chi connectivity index (χ4v) is 1.83. The second-order valence-electron chi connectivity index (χ2n) is 3.22. The van der Waals surface area contributed by atoms with Gasteiger partial charge in [0, 0.05) is 6.04 Å². The molecule has 1 unspecified atom stereocenters. The number of thiophene rings is 1. The Labute approximate surface area is 84.5 Å². The highest BCUT2D eigenvalue weighted by molar-refractivity contribution is 7.08. The van der Waals surface area contributed by atoms with Gasteiger partial charge in [-0.25, -0.2) is 0 Å². The Kier molecular flexibility index (Phi) is 4.19. The molecule has 1 N–H and O–H groups in total. The first-order valence-electron chi connectivity index (χ1n) is 4.67. The molecule has 0 aliphatic rings. The van der Waals surface area contributed by atoms with E-state index >= 15 is 0 Å². The van der Waals surface area contributed by atoms with Crippen molar-refractivity contribution in [3.05, 3.63) is 28.0 Å². The maximum Gasteiger partial charge on any atom is 0.0251 e. The Morgan fingerprint density at radius 2 is 2.46 bits per heavy atom. The van der Waals surface area contributed by atoms with Gasteiger partial charge in [0.15, 0.2) is 0 Å². The number of nitrogens with one attached hydrogen (secondary N) is 1. The van der Waals surface area contributed by atoms with Gasteiger partial charge in [0.1, 0.15) is 0 Å². The van der Waals surface area contributed by atoms with E-state index in [1.807, 2.05) is 0 Å². The lowest BCUT2D eigenvalue weighted by atomic mass is 10.1. The van der Waals surface area contributed by atoms with E-state index in [0.717, 1.165) is 6.54 Å². The Balaban J connectivity index is 2.60. The van der Waals surface area contributed by atoms with Crippen LogP contribution < -0.4 is 5.32 Å². The molecule has 1 rings (SSSR count). The highest BCUT2D eigenvalue weighted by atomic mass is 32.1. The van der Waals surface area contributed by atoms with Crippen LogP contribution in [0.2, 0.25) is 0 Å². The summed E-state index contributed by atoms with van der Waals surface area (Å²) in [5.74, 6) is 0. The van der Waals surface area contributed by atoms with Crippen molar-refractivity contribution in [1.29, 1.82) is 0 Å². The zero-order valence-corrected chi connectivity index (χ0v) is 9.32. The Bertz CT molecular complexity index is 262. The minimum atomic E-state index is 0.477. The monoisotopic (exact) mass is 195 g/mol. The summed E-state index contributed by atoms with van der Waals surface area (Å²) in [6, 6.07) is 2.62. The zero-order valence-electron chi connectivity index (χ0n) is 8.50. The first-order chi connectivity index (χ1) is 6.24. The molecular formula is C11H17NS. The summed E-state index contributed by atoms with van der Waals surface area (Å²) in [4.78, 5) is 0. The third kappa shape index (κ3) is 3.33. The van der Waals surface area contributed by atoms with Crippen LogP contribution in [0.15, 0.2) is 22.4 Å². The van der Waals surface area contributed by atoms with Crippen molar-refractivity contribution in [2.24, 2.45) is 0 Å². The van der Waals surface area contributed by atoms with E-state index in [9.17, 15) is 0 Å². The van der Waals surface area contributed by atoms with Gasteiger partial charge in [0.25, 0.3) is 0 Å². The second kappa shape index (κ2) is 5.20. The summed E-state index contributed by atoms with van der Waals surface area (Å²) in [7, 11) is 0. The van der Waals surface area contributed by atoms with Crippen LogP contribution in [0.3, 0.4) is 0 Å². The van der Waals surface area contributed by atoms with Crippen LogP contribution in [0.5, 0.6) is 0 Å². The lowest BCUT2D eigenvalue weighted by Crippen LogP contribution is -2.26. The van der Waals surface area contributed by atoms with Crippen LogP contribution in [-0.4, -0.2) is 12.6 Å². The topological polar surface area (TPSA) is 12.0 Å². The highest BCUT2D eigenvalue weighted by Gasteiger charge is 2.01. The molecule has 1 nitrogen and oxygen atoms in total. The Morgan fingerprint density at radius 1 is 1.69 bits per heavy atom. The van der Waals surface area contributed by atoms with Crippen LogP contribution in [0.4, 0.5) is 0 Å². The van der Waals surface area contributed by atoms with E-state index in [2.05, 4.69) is 49.0 Å². The van der Waals surface area contributed by atoms with Crippen molar-refractivity contribution < 1.29 is 0 Å². The third-order valence-electron chi connectivity index (χ3n) is 2.13. The largest absolute Gasteiger partial charge is 0.311 e. The average molecular weight is 195 g/mol. The number of hydrogen-bond acceptors (Lipinski definition) is 2. The first kappa shape index (κ1) is 10.5. The molecule has 0 bridgehead atoms. The maximum absolute atomic E-state index is 3.39. The zero-order chi connectivity index (χ0) is 9.68. The molecule has 0 aromatic carbocycles. The molecule has 1 atom stereocenters. The van der Waals surface area contributed by atoms with Crippen molar-refractivity contribution in [3.8, 4) is 0 Å². The van der Waals surface area contributed by atoms with E-state index in [1.54, 1.807) is 11.3 Å². The molecule has 0 saturated heterocycles. The number of rotatable bonds is 4. The Hall–Kier alpha value is -0.600. The van der Waals surface area contributed by atoms with Gasteiger partial charge in [0.05, 0.1) is 0 Å². The lowest BCUT2D eigenvalue weighted by Gasteiger charge is -2.12. The van der Waals surface area contributed by atoms with Gasteiger partial charge in [-0.3, -0.25) is 0 Å². The summed E-state index contributed by atoms with van der Waals surface area (Å²) < 4.78 is 0. The fraction of sp³-hybridized carbons (Fsp3) is 0.455. The summed E-state index contributed by atoms with van der Waals surface area (Å²) >= 11 is 1.74. The summed E-state index contributed by atoms with van der Waals surface area (Å²) in [5, 5.41) is 7.67. The Morgan fingerprint density at radius 3 is 3.00 bits per heavy atom. The van der Waals surface area contributed by atoms with Crippen molar-refractivity contribution >= 4 is 17.4 Å². The van der Waals surface area contributed by atoms with Crippen molar-refractivity contribution in [3.63, 3.8) is 0 Å². The van der Waals surface area contributed by atoms with Gasteiger partial charge in [-0.2, -0.15) is 11.3 Å². The SMILES string of the molecule is CCNC(C)/C(C)=C/c1ccsc1. The number of hydrogen-bond donors (Lipinski definition) is 1. The molecule has 1 heterocycles. The standard InChI is InChI=1S/C11H17NS/c1-4-12-10(3)9(2)7-11-5-6-13-8-11/h5-8,10,12H,4H2,1-3H3/b9-7+. The molecule has 0 aliphatic carbocycles. The van der Waals surface area contributed by atoms with E-state index < -0.39 is 0 Å². The third-order valence-corrected chi connectivity index (χ3v) is 2.83. The molecule has 2 heteroatoms. The summed E-state index contributed by atoms with van der Waals surface area (Å²) in [5.41, 5.74) is 2.70. The van der Waals surface area contributed by atoms with Crippen molar-refractivity contribution in [1.82, 2.24) is 5.32 Å². The molecule has 0 fully saturated rings. The minimum Gasteiger partial charge on any atom is -0.311 e. The van der Waals surface area contributed by atoms with E-state index in [4.69, 9.17) is 0 Å². The number of likely N-dealkylation sites (N-methyl/N-ethyl adjacent to an activating group) is 1. The van der Waals surface area contributed by atoms with Crippen LogP contribution in [0, 0.1) is 0 Å². The molecule has 0 spiro atoms. The van der Waals surface area contributed by atoms with Gasteiger partial charge in [0.2, 0.25) is 0 Å². The summed E-state index contributed by atoms with van der Waals surface area (Å²) in [6.07, 6.45) is 2.24. The highest BCUT2D eigenvalue weighted by Crippen LogP contribution is 2.12. The average Bonchev–Trinajstić information content (AvgIpc) is 2.57. The molecule has 0 aliphatic heterocycles. The normalized spacial score (nSPS) is 14.5. The minimum absolute atomic E-state index is 0.477. The van der Waals surface area contributed by atoms with Crippen molar-refractivity contribution in [2.45, 2.75) is 26.8 Å². The van der Waals surface area contributed by atoms with Crippen LogP contribution in [0.1, 0.15) is 26.3 Å². The smallest absolute Gasteiger partial charge is 0.0251 e. The van der Waals surface area contributed by atoms with Crippen LogP contribution in [-0.2, 0) is 0 Å². The van der Waals surface area contributed by atoms with E-state index in [1.165, 1.54) is 11.1 Å². The molecule has 13 heavy (non-hydrogen) atoms. The molecular weight excluding hydrogens is 178 g/mol. The van der Waals surface area contributed by atoms with Gasteiger partial charge >= 0.3 is 0 Å². The van der Waals surface area contributed by atoms with Crippen molar-refractivity contribution in [2.75, 3.05) is 6.54 Å². The molecule has 1 aromatic heterocycles. The molecule has 0 radical (unpaired) electrons. The molecule has 72 valence electrons. The van der Waals surface area contributed by atoms with Gasteiger partial charge in [-0.05, 0) is 42.8 Å². The lowest BCUT2D eigenvalue weighted by molar-refractivity contribution is 0.636.